The molecule has 35 heavy (non-hydrogen) atoms. The van der Waals surface area contributed by atoms with Crippen LogP contribution in [0.25, 0.3) is 28.0 Å². The maximum absolute atomic E-state index is 9.92. The number of pyridine rings is 1. The van der Waals surface area contributed by atoms with Gasteiger partial charge in [0.25, 0.3) is 0 Å². The van der Waals surface area contributed by atoms with Gasteiger partial charge in [0.2, 0.25) is 0 Å². The zero-order chi connectivity index (χ0) is 24.5. The first-order valence-corrected chi connectivity index (χ1v) is 12.3. The predicted molar refractivity (Wildman–Crippen MR) is 140 cm³/mol. The monoisotopic (exact) mass is 534 g/mol. The number of hydrogen-bond donors (Lipinski definition) is 3. The van der Waals surface area contributed by atoms with E-state index in [1.54, 1.807) is 10.7 Å². The van der Waals surface area contributed by atoms with E-state index in [0.29, 0.717) is 17.2 Å². The molecule has 0 spiro atoms. The third-order valence-electron chi connectivity index (χ3n) is 6.64. The van der Waals surface area contributed by atoms with Gasteiger partial charge in [0.05, 0.1) is 28.7 Å². The van der Waals surface area contributed by atoms with Crippen molar-refractivity contribution < 1.29 is 10.2 Å². The first-order valence-electron chi connectivity index (χ1n) is 11.5. The molecule has 8 nitrogen and oxygen atoms in total. The summed E-state index contributed by atoms with van der Waals surface area (Å²) in [5.74, 6) is 0.695. The van der Waals surface area contributed by atoms with Crippen molar-refractivity contribution in [2.45, 2.75) is 24.9 Å². The Kier molecular flexibility index (Phi) is 6.55. The highest BCUT2D eigenvalue weighted by Gasteiger charge is 2.28. The number of halogens is 1. The van der Waals surface area contributed by atoms with E-state index in [9.17, 15) is 10.2 Å². The molecule has 0 bridgehead atoms. The number of aromatic nitrogens is 4. The molecule has 4 N–H and O–H groups in total. The summed E-state index contributed by atoms with van der Waals surface area (Å²) in [5, 5.41) is 23.6. The highest BCUT2D eigenvalue weighted by molar-refractivity contribution is 9.10. The van der Waals surface area contributed by atoms with E-state index in [1.807, 2.05) is 53.6 Å². The van der Waals surface area contributed by atoms with E-state index in [1.165, 1.54) is 0 Å². The van der Waals surface area contributed by atoms with Crippen molar-refractivity contribution >= 4 is 27.4 Å². The summed E-state index contributed by atoms with van der Waals surface area (Å²) >= 11 is 3.65. The van der Waals surface area contributed by atoms with E-state index in [4.69, 9.17) is 10.7 Å². The van der Waals surface area contributed by atoms with E-state index in [2.05, 4.69) is 32.6 Å². The van der Waals surface area contributed by atoms with Crippen LogP contribution in [0.4, 0.5) is 5.82 Å². The third-order valence-corrected chi connectivity index (χ3v) is 7.45. The van der Waals surface area contributed by atoms with Gasteiger partial charge in [-0.1, -0.05) is 43.0 Å². The second kappa shape index (κ2) is 9.77. The average Bonchev–Trinajstić information content (AvgIpc) is 3.34. The van der Waals surface area contributed by atoms with Gasteiger partial charge in [-0.25, -0.2) is 4.98 Å². The van der Waals surface area contributed by atoms with Gasteiger partial charge in [0, 0.05) is 47.6 Å². The van der Waals surface area contributed by atoms with Gasteiger partial charge in [-0.3, -0.25) is 4.98 Å². The lowest BCUT2D eigenvalue weighted by molar-refractivity contribution is 0.0890. The lowest BCUT2D eigenvalue weighted by Crippen LogP contribution is -2.37. The number of aliphatic hydroxyl groups is 2. The standard InChI is InChI=1S/C26H27BrN6O2/c1-16(22(35)15-34)32-11-9-18(10-12-32)24-23(27)25(28)33-26(31-24)20(14-30-33)19-7-8-21(29-13-19)17-5-3-2-4-6-17/h2-8,13-14,18,22,34-35H,1,9-12,15,28H2/t22-/m0/s1. The summed E-state index contributed by atoms with van der Waals surface area (Å²) in [6.07, 6.45) is 4.34. The number of hydrogen-bond acceptors (Lipinski definition) is 7. The Hall–Kier alpha value is -3.27. The highest BCUT2D eigenvalue weighted by atomic mass is 79.9. The molecule has 1 aromatic carbocycles. The first kappa shape index (κ1) is 23.5. The Balaban J connectivity index is 1.44. The summed E-state index contributed by atoms with van der Waals surface area (Å²) in [6, 6.07) is 14.1. The fourth-order valence-corrected chi connectivity index (χ4v) is 5.16. The van der Waals surface area contributed by atoms with Crippen LogP contribution in [-0.4, -0.2) is 60.5 Å². The molecule has 0 amide bonds. The maximum Gasteiger partial charge on any atom is 0.165 e. The molecular weight excluding hydrogens is 508 g/mol. The van der Waals surface area contributed by atoms with Crippen LogP contribution in [0.1, 0.15) is 24.5 Å². The van der Waals surface area contributed by atoms with Crippen molar-refractivity contribution in [3.63, 3.8) is 0 Å². The zero-order valence-corrected chi connectivity index (χ0v) is 20.8. The second-order valence-electron chi connectivity index (χ2n) is 8.74. The zero-order valence-electron chi connectivity index (χ0n) is 19.2. The van der Waals surface area contributed by atoms with Gasteiger partial charge in [0.1, 0.15) is 11.9 Å². The summed E-state index contributed by atoms with van der Waals surface area (Å²) < 4.78 is 2.41. The van der Waals surface area contributed by atoms with Crippen LogP contribution in [-0.2, 0) is 0 Å². The SMILES string of the molecule is C=C([C@@H](O)CO)N1CCC(c2nc3c(-c4ccc(-c5ccccc5)nc4)cnn3c(N)c2Br)CC1. The summed E-state index contributed by atoms with van der Waals surface area (Å²) in [6.45, 7) is 5.05. The number of aliphatic hydroxyl groups excluding tert-OH is 2. The van der Waals surface area contributed by atoms with Crippen molar-refractivity contribution in [1.29, 1.82) is 0 Å². The molecular formula is C26H27BrN6O2. The van der Waals surface area contributed by atoms with Crippen LogP contribution < -0.4 is 5.73 Å². The molecule has 1 aliphatic heterocycles. The maximum atomic E-state index is 9.92. The molecule has 180 valence electrons. The lowest BCUT2D eigenvalue weighted by Gasteiger charge is -2.36. The molecule has 0 radical (unpaired) electrons. The van der Waals surface area contributed by atoms with Crippen LogP contribution in [0.2, 0.25) is 0 Å². The number of anilines is 1. The second-order valence-corrected chi connectivity index (χ2v) is 9.53. The number of piperidine rings is 1. The molecule has 0 aliphatic carbocycles. The number of nitrogen functional groups attached to an aromatic ring is 1. The normalized spacial score (nSPS) is 15.5. The van der Waals surface area contributed by atoms with Crippen LogP contribution >= 0.6 is 15.9 Å². The molecule has 1 aliphatic rings. The average molecular weight is 535 g/mol. The van der Waals surface area contributed by atoms with Gasteiger partial charge in [0.15, 0.2) is 5.65 Å². The fourth-order valence-electron chi connectivity index (χ4n) is 4.58. The van der Waals surface area contributed by atoms with E-state index in [0.717, 1.165) is 58.5 Å². The minimum absolute atomic E-state index is 0.188. The third kappa shape index (κ3) is 4.42. The molecule has 4 aromatic rings. The quantitative estimate of drug-likeness (QED) is 0.344. The highest BCUT2D eigenvalue weighted by Crippen LogP contribution is 2.37. The Morgan fingerprint density at radius 1 is 1.11 bits per heavy atom. The smallest absolute Gasteiger partial charge is 0.165 e. The van der Waals surface area contributed by atoms with Crippen LogP contribution in [0.5, 0.6) is 0 Å². The van der Waals surface area contributed by atoms with Crippen molar-refractivity contribution in [2.75, 3.05) is 25.4 Å². The molecule has 4 heterocycles. The Labute approximate surface area is 211 Å². The minimum atomic E-state index is -0.931. The molecule has 0 unspecified atom stereocenters. The molecule has 1 saturated heterocycles. The molecule has 9 heteroatoms. The molecule has 1 fully saturated rings. The van der Waals surface area contributed by atoms with Crippen molar-refractivity contribution in [3.8, 4) is 22.4 Å². The molecule has 1 atom stereocenters. The van der Waals surface area contributed by atoms with Crippen LogP contribution in [0.3, 0.4) is 0 Å². The lowest BCUT2D eigenvalue weighted by atomic mass is 9.92. The molecule has 3 aromatic heterocycles. The Morgan fingerprint density at radius 2 is 1.86 bits per heavy atom. The van der Waals surface area contributed by atoms with Crippen LogP contribution in [0.15, 0.2) is 71.6 Å². The van der Waals surface area contributed by atoms with Crippen molar-refractivity contribution in [2.24, 2.45) is 0 Å². The molecule has 5 rings (SSSR count). The largest absolute Gasteiger partial charge is 0.393 e. The number of rotatable bonds is 6. The minimum Gasteiger partial charge on any atom is -0.393 e. The van der Waals surface area contributed by atoms with Gasteiger partial charge >= 0.3 is 0 Å². The van der Waals surface area contributed by atoms with E-state index in [-0.39, 0.29) is 12.5 Å². The summed E-state index contributed by atoms with van der Waals surface area (Å²) in [4.78, 5) is 11.7. The number of nitrogens with two attached hydrogens (primary N) is 1. The topological polar surface area (TPSA) is 113 Å². The van der Waals surface area contributed by atoms with Gasteiger partial charge in [-0.05, 0) is 34.8 Å². The Bertz CT molecular complexity index is 1350. The van der Waals surface area contributed by atoms with Gasteiger partial charge < -0.3 is 20.8 Å². The van der Waals surface area contributed by atoms with Gasteiger partial charge in [-0.2, -0.15) is 9.61 Å². The van der Waals surface area contributed by atoms with Crippen molar-refractivity contribution in [1.82, 2.24) is 24.5 Å². The fraction of sp³-hybridized carbons (Fsp3) is 0.269. The first-order chi connectivity index (χ1) is 17.0. The van der Waals surface area contributed by atoms with Crippen molar-refractivity contribution in [3.05, 3.63) is 77.3 Å². The summed E-state index contributed by atoms with van der Waals surface area (Å²) in [7, 11) is 0. The summed E-state index contributed by atoms with van der Waals surface area (Å²) in [5.41, 5.74) is 12.4. The van der Waals surface area contributed by atoms with E-state index < -0.39 is 6.10 Å². The Morgan fingerprint density at radius 3 is 2.51 bits per heavy atom. The van der Waals surface area contributed by atoms with Gasteiger partial charge in [-0.15, -0.1) is 0 Å². The predicted octanol–water partition coefficient (Wildman–Crippen LogP) is 3.85. The number of nitrogens with zero attached hydrogens (tertiary/aromatic N) is 5. The number of benzene rings is 1. The number of likely N-dealkylation sites (tertiary alicyclic amines) is 1. The molecule has 0 saturated carbocycles. The van der Waals surface area contributed by atoms with Crippen LogP contribution in [0, 0.1) is 0 Å². The number of fused-ring (bicyclic) bond motifs is 1. The van der Waals surface area contributed by atoms with E-state index >= 15 is 0 Å².